The van der Waals surface area contributed by atoms with Crippen molar-refractivity contribution in [1.29, 1.82) is 0 Å². The van der Waals surface area contributed by atoms with Crippen LogP contribution in [0.25, 0.3) is 22.2 Å². The van der Waals surface area contributed by atoms with Crippen LogP contribution in [0.1, 0.15) is 55.6 Å². The maximum absolute atomic E-state index is 13.7. The first kappa shape index (κ1) is 27.8. The minimum Gasteiger partial charge on any atom is -0.340 e. The summed E-state index contributed by atoms with van der Waals surface area (Å²) in [5.74, 6) is 0.861. The van der Waals surface area contributed by atoms with Crippen molar-refractivity contribution in [2.75, 3.05) is 18.4 Å². The molecule has 0 bridgehead atoms. The Morgan fingerprint density at radius 2 is 1.60 bits per heavy atom. The number of nitrogens with zero attached hydrogens (tertiary/aromatic N) is 4. The van der Waals surface area contributed by atoms with E-state index in [-0.39, 0.29) is 17.3 Å². The largest absolute Gasteiger partial charge is 0.418 e. The second-order valence-corrected chi connectivity index (χ2v) is 9.78. The van der Waals surface area contributed by atoms with Gasteiger partial charge >= 0.3 is 12.4 Å². The van der Waals surface area contributed by atoms with Gasteiger partial charge in [0.2, 0.25) is 0 Å². The second kappa shape index (κ2) is 11.0. The van der Waals surface area contributed by atoms with E-state index in [1.54, 1.807) is 12.1 Å². The van der Waals surface area contributed by atoms with E-state index in [1.807, 2.05) is 6.92 Å². The van der Waals surface area contributed by atoms with Crippen molar-refractivity contribution >= 4 is 22.4 Å². The van der Waals surface area contributed by atoms with Gasteiger partial charge in [0, 0.05) is 22.8 Å². The van der Waals surface area contributed by atoms with E-state index in [0.717, 1.165) is 50.6 Å². The van der Waals surface area contributed by atoms with E-state index in [9.17, 15) is 26.3 Å². The maximum Gasteiger partial charge on any atom is 0.418 e. The fourth-order valence-electron chi connectivity index (χ4n) is 5.12. The van der Waals surface area contributed by atoms with E-state index in [0.29, 0.717) is 34.7 Å². The monoisotopic (exact) mass is 559 g/mol. The van der Waals surface area contributed by atoms with Gasteiger partial charge in [-0.25, -0.2) is 9.97 Å². The molecule has 2 aromatic carbocycles. The highest BCUT2D eigenvalue weighted by atomic mass is 19.4. The lowest BCUT2D eigenvalue weighted by Gasteiger charge is -2.33. The molecule has 1 N–H and O–H groups in total. The summed E-state index contributed by atoms with van der Waals surface area (Å²) in [6.45, 7) is 3.78. The SMILES string of the molecule is CCC(c1nc(Nc2ccc(C(F)(F)F)cc2)c2ccc(-c3ncccc3C(F)(F)F)cc2n1)N1CCCCC1. The molecule has 1 aliphatic rings. The Kier molecular flexibility index (Phi) is 7.67. The van der Waals surface area contributed by atoms with E-state index in [2.05, 4.69) is 15.2 Å². The number of fused-ring (bicyclic) bond motifs is 1. The van der Waals surface area contributed by atoms with Gasteiger partial charge in [-0.05, 0) is 80.9 Å². The van der Waals surface area contributed by atoms with E-state index in [1.165, 1.54) is 30.5 Å². The topological polar surface area (TPSA) is 53.9 Å². The Bertz CT molecular complexity index is 1480. The molecule has 40 heavy (non-hydrogen) atoms. The molecule has 1 saturated heterocycles. The average molecular weight is 560 g/mol. The summed E-state index contributed by atoms with van der Waals surface area (Å²) in [5, 5.41) is 3.63. The molecule has 0 radical (unpaired) electrons. The zero-order chi connectivity index (χ0) is 28.5. The summed E-state index contributed by atoms with van der Waals surface area (Å²) in [6.07, 6.45) is -3.80. The highest BCUT2D eigenvalue weighted by molar-refractivity contribution is 5.93. The summed E-state index contributed by atoms with van der Waals surface area (Å²) < 4.78 is 80.4. The molecule has 210 valence electrons. The second-order valence-electron chi connectivity index (χ2n) is 9.78. The number of pyridine rings is 1. The molecule has 5 rings (SSSR count). The average Bonchev–Trinajstić information content (AvgIpc) is 2.93. The normalized spacial score (nSPS) is 15.8. The Hall–Kier alpha value is -3.73. The van der Waals surface area contributed by atoms with Crippen LogP contribution in [0, 0.1) is 0 Å². The van der Waals surface area contributed by atoms with Crippen molar-refractivity contribution < 1.29 is 26.3 Å². The van der Waals surface area contributed by atoms with Gasteiger partial charge in [0.15, 0.2) is 0 Å². The van der Waals surface area contributed by atoms with E-state index >= 15 is 0 Å². The van der Waals surface area contributed by atoms with Crippen LogP contribution < -0.4 is 5.32 Å². The number of rotatable bonds is 6. The van der Waals surface area contributed by atoms with Crippen LogP contribution in [0.15, 0.2) is 60.8 Å². The number of aromatic nitrogens is 3. The van der Waals surface area contributed by atoms with Gasteiger partial charge in [-0.2, -0.15) is 26.3 Å². The van der Waals surface area contributed by atoms with Crippen LogP contribution in [0.3, 0.4) is 0 Å². The van der Waals surface area contributed by atoms with Gasteiger partial charge in [-0.15, -0.1) is 0 Å². The van der Waals surface area contributed by atoms with Crippen molar-refractivity contribution in [3.05, 3.63) is 77.7 Å². The van der Waals surface area contributed by atoms with Gasteiger partial charge in [0.25, 0.3) is 0 Å². The van der Waals surface area contributed by atoms with Crippen LogP contribution in [-0.2, 0) is 12.4 Å². The molecule has 0 amide bonds. The minimum atomic E-state index is -4.59. The summed E-state index contributed by atoms with van der Waals surface area (Å²) in [5.41, 5.74) is -0.798. The van der Waals surface area contributed by atoms with Crippen LogP contribution in [0.4, 0.5) is 37.8 Å². The number of alkyl halides is 6. The first-order chi connectivity index (χ1) is 19.0. The zero-order valence-corrected chi connectivity index (χ0v) is 21.7. The van der Waals surface area contributed by atoms with E-state index in [4.69, 9.17) is 9.97 Å². The predicted octanol–water partition coefficient (Wildman–Crippen LogP) is 8.41. The smallest absolute Gasteiger partial charge is 0.340 e. The van der Waals surface area contributed by atoms with Gasteiger partial charge < -0.3 is 5.32 Å². The summed E-state index contributed by atoms with van der Waals surface area (Å²) >= 11 is 0. The molecular formula is C29H27F6N5. The molecule has 4 aromatic rings. The van der Waals surface area contributed by atoms with Crippen LogP contribution in [0.2, 0.25) is 0 Å². The number of benzene rings is 2. The molecule has 0 spiro atoms. The molecule has 1 aliphatic heterocycles. The first-order valence-corrected chi connectivity index (χ1v) is 13.1. The number of likely N-dealkylation sites (tertiary alicyclic amines) is 1. The van der Waals surface area contributed by atoms with Gasteiger partial charge in [-0.1, -0.05) is 19.4 Å². The number of nitrogens with one attached hydrogen (secondary N) is 1. The van der Waals surface area contributed by atoms with Gasteiger partial charge in [0.1, 0.15) is 11.6 Å². The molecule has 2 aromatic heterocycles. The molecule has 1 unspecified atom stereocenters. The summed E-state index contributed by atoms with van der Waals surface area (Å²) in [6, 6.07) is 11.4. The Balaban J connectivity index is 1.62. The molecule has 0 aliphatic carbocycles. The Labute approximate surface area is 227 Å². The maximum atomic E-state index is 13.7. The zero-order valence-electron chi connectivity index (χ0n) is 21.7. The van der Waals surface area contributed by atoms with Crippen molar-refractivity contribution in [3.8, 4) is 11.3 Å². The van der Waals surface area contributed by atoms with Crippen molar-refractivity contribution in [2.24, 2.45) is 0 Å². The highest BCUT2D eigenvalue weighted by Crippen LogP contribution is 2.38. The van der Waals surface area contributed by atoms with Crippen molar-refractivity contribution in [3.63, 3.8) is 0 Å². The van der Waals surface area contributed by atoms with E-state index < -0.39 is 23.5 Å². The fraction of sp³-hybridized carbons (Fsp3) is 0.345. The fourth-order valence-corrected chi connectivity index (χ4v) is 5.12. The number of piperidine rings is 1. The quantitative estimate of drug-likeness (QED) is 0.241. The Morgan fingerprint density at radius 3 is 2.25 bits per heavy atom. The van der Waals surface area contributed by atoms with Crippen LogP contribution >= 0.6 is 0 Å². The third kappa shape index (κ3) is 5.89. The van der Waals surface area contributed by atoms with Gasteiger partial charge in [0.05, 0.1) is 28.4 Å². The molecule has 11 heteroatoms. The first-order valence-electron chi connectivity index (χ1n) is 13.1. The summed E-state index contributed by atoms with van der Waals surface area (Å²) in [7, 11) is 0. The third-order valence-electron chi connectivity index (χ3n) is 7.09. The third-order valence-corrected chi connectivity index (χ3v) is 7.09. The van der Waals surface area contributed by atoms with Gasteiger partial charge in [-0.3, -0.25) is 9.88 Å². The predicted molar refractivity (Wildman–Crippen MR) is 141 cm³/mol. The summed E-state index contributed by atoms with van der Waals surface area (Å²) in [4.78, 5) is 15.9. The molecule has 5 nitrogen and oxygen atoms in total. The van der Waals surface area contributed by atoms with Crippen molar-refractivity contribution in [2.45, 2.75) is 51.0 Å². The Morgan fingerprint density at radius 1 is 0.875 bits per heavy atom. The standard InChI is InChI=1S/C29H27F6N5/c1-2-24(40-15-4-3-5-16-40)27-38-23-17-18(25-22(29(33,34)35)7-6-14-36-25)8-13-21(23)26(39-27)37-20-11-9-19(10-12-20)28(30,31)32/h6-14,17,24H,2-5,15-16H2,1H3,(H,37,38,39). The lowest BCUT2D eigenvalue weighted by Crippen LogP contribution is -2.34. The number of hydrogen-bond acceptors (Lipinski definition) is 5. The van der Waals surface area contributed by atoms with Crippen molar-refractivity contribution in [1.82, 2.24) is 19.9 Å². The molecular weight excluding hydrogens is 532 g/mol. The molecule has 1 fully saturated rings. The lowest BCUT2D eigenvalue weighted by atomic mass is 10.0. The molecule has 0 saturated carbocycles. The van der Waals surface area contributed by atoms with Crippen LogP contribution in [0.5, 0.6) is 0 Å². The van der Waals surface area contributed by atoms with Crippen LogP contribution in [-0.4, -0.2) is 32.9 Å². The minimum absolute atomic E-state index is 0.123. The highest BCUT2D eigenvalue weighted by Gasteiger charge is 2.34. The number of halogens is 6. The lowest BCUT2D eigenvalue weighted by molar-refractivity contribution is -0.138. The number of hydrogen-bond donors (Lipinski definition) is 1. The number of anilines is 2. The molecule has 3 heterocycles. The molecule has 1 atom stereocenters.